The first kappa shape index (κ1) is 24.5. The van der Waals surface area contributed by atoms with Crippen molar-refractivity contribution in [1.29, 1.82) is 0 Å². The highest BCUT2D eigenvalue weighted by Gasteiger charge is 2.15. The maximum absolute atomic E-state index is 13.3. The fraction of sp³-hybridized carbons (Fsp3) is 0.348. The summed E-state index contributed by atoms with van der Waals surface area (Å²) in [7, 11) is -3.79. The number of aryl methyl sites for hydroxylation is 1. The first-order chi connectivity index (χ1) is 15.7. The van der Waals surface area contributed by atoms with Crippen molar-refractivity contribution < 1.29 is 22.1 Å². The second kappa shape index (κ2) is 11.2. The third kappa shape index (κ3) is 7.47. The van der Waals surface area contributed by atoms with E-state index in [-0.39, 0.29) is 36.2 Å². The van der Waals surface area contributed by atoms with Crippen LogP contribution in [0.25, 0.3) is 0 Å². The summed E-state index contributed by atoms with van der Waals surface area (Å²) in [6.45, 7) is 4.12. The van der Waals surface area contributed by atoms with Crippen LogP contribution in [-0.2, 0) is 34.3 Å². The summed E-state index contributed by atoms with van der Waals surface area (Å²) in [4.78, 5) is 16.5. The number of aromatic nitrogens is 2. The van der Waals surface area contributed by atoms with Gasteiger partial charge in [-0.3, -0.25) is 4.79 Å². The van der Waals surface area contributed by atoms with Crippen molar-refractivity contribution >= 4 is 15.9 Å². The smallest absolute Gasteiger partial charge is 0.240 e. The number of halogens is 1. The molecule has 0 atom stereocenters. The van der Waals surface area contributed by atoms with Crippen molar-refractivity contribution in [3.63, 3.8) is 0 Å². The molecule has 176 valence electrons. The Balaban J connectivity index is 1.47. The van der Waals surface area contributed by atoms with Gasteiger partial charge in [0.15, 0.2) is 5.82 Å². The van der Waals surface area contributed by atoms with Crippen LogP contribution < -0.4 is 10.0 Å². The zero-order chi connectivity index (χ0) is 23.8. The highest BCUT2D eigenvalue weighted by Crippen LogP contribution is 2.14. The first-order valence-electron chi connectivity index (χ1n) is 10.6. The number of carbonyl (C=O) groups is 1. The molecule has 0 saturated heterocycles. The van der Waals surface area contributed by atoms with Gasteiger partial charge >= 0.3 is 0 Å². The minimum absolute atomic E-state index is 0.0280. The predicted molar refractivity (Wildman–Crippen MR) is 120 cm³/mol. The van der Waals surface area contributed by atoms with E-state index in [1.54, 1.807) is 18.2 Å². The van der Waals surface area contributed by atoms with Gasteiger partial charge in [0.2, 0.25) is 21.8 Å². The van der Waals surface area contributed by atoms with E-state index in [1.807, 2.05) is 13.8 Å². The highest BCUT2D eigenvalue weighted by atomic mass is 32.2. The highest BCUT2D eigenvalue weighted by molar-refractivity contribution is 7.89. The van der Waals surface area contributed by atoms with Crippen LogP contribution in [-0.4, -0.2) is 24.5 Å². The molecule has 0 bridgehead atoms. The van der Waals surface area contributed by atoms with Gasteiger partial charge in [0.1, 0.15) is 5.82 Å². The number of nitrogens with one attached hydrogen (secondary N) is 2. The molecule has 0 aliphatic rings. The van der Waals surface area contributed by atoms with Gasteiger partial charge in [-0.25, -0.2) is 17.5 Å². The monoisotopic (exact) mass is 474 g/mol. The molecule has 0 unspecified atom stereocenters. The molecule has 1 aromatic heterocycles. The van der Waals surface area contributed by atoms with Gasteiger partial charge in [-0.1, -0.05) is 43.3 Å². The Hall–Kier alpha value is -3.11. The topological polar surface area (TPSA) is 114 Å². The van der Waals surface area contributed by atoms with Gasteiger partial charge in [-0.05, 0) is 41.8 Å². The molecule has 3 rings (SSSR count). The molecule has 8 nitrogen and oxygen atoms in total. The maximum atomic E-state index is 13.3. The number of hydrogen-bond acceptors (Lipinski definition) is 6. The quantitative estimate of drug-likeness (QED) is 0.440. The Kier molecular flexibility index (Phi) is 8.29. The number of carbonyl (C=O) groups excluding carboxylic acids is 1. The number of hydrogen-bond donors (Lipinski definition) is 2. The maximum Gasteiger partial charge on any atom is 0.240 e. The normalized spacial score (nSPS) is 11.6. The molecule has 33 heavy (non-hydrogen) atoms. The molecule has 0 saturated carbocycles. The molecule has 0 fully saturated rings. The lowest BCUT2D eigenvalue weighted by atomic mass is 10.2. The van der Waals surface area contributed by atoms with E-state index in [2.05, 4.69) is 20.2 Å². The largest absolute Gasteiger partial charge is 0.352 e. The number of rotatable bonds is 11. The summed E-state index contributed by atoms with van der Waals surface area (Å²) >= 11 is 0. The predicted octanol–water partition coefficient (Wildman–Crippen LogP) is 3.45. The summed E-state index contributed by atoms with van der Waals surface area (Å²) in [5.74, 6) is 0.754. The average molecular weight is 475 g/mol. The fourth-order valence-electron chi connectivity index (χ4n) is 3.02. The average Bonchev–Trinajstić information content (AvgIpc) is 3.26. The lowest BCUT2D eigenvalue weighted by Crippen LogP contribution is -2.24. The summed E-state index contributed by atoms with van der Waals surface area (Å²) in [6, 6.07) is 12.0. The van der Waals surface area contributed by atoms with Crippen LogP contribution in [0, 0.1) is 5.82 Å². The van der Waals surface area contributed by atoms with Gasteiger partial charge in [-0.2, -0.15) is 4.98 Å². The number of benzene rings is 2. The van der Waals surface area contributed by atoms with Gasteiger partial charge < -0.3 is 9.84 Å². The third-order valence-electron chi connectivity index (χ3n) is 4.85. The summed E-state index contributed by atoms with van der Waals surface area (Å²) < 4.78 is 46.1. The fourth-order valence-corrected chi connectivity index (χ4v) is 4.11. The number of nitrogens with zero attached hydrogens (tertiary/aromatic N) is 2. The van der Waals surface area contributed by atoms with Crippen molar-refractivity contribution in [3.05, 3.63) is 77.2 Å². The van der Waals surface area contributed by atoms with Crippen molar-refractivity contribution in [2.45, 2.75) is 57.0 Å². The van der Waals surface area contributed by atoms with Gasteiger partial charge in [0.05, 0.1) is 4.90 Å². The van der Waals surface area contributed by atoms with Gasteiger partial charge in [-0.15, -0.1) is 0 Å². The third-order valence-corrected chi connectivity index (χ3v) is 6.25. The van der Waals surface area contributed by atoms with Crippen LogP contribution in [0.15, 0.2) is 57.9 Å². The minimum Gasteiger partial charge on any atom is -0.352 e. The zero-order valence-corrected chi connectivity index (χ0v) is 19.4. The van der Waals surface area contributed by atoms with Gasteiger partial charge in [0, 0.05) is 31.8 Å². The van der Waals surface area contributed by atoms with Crippen LogP contribution in [0.5, 0.6) is 0 Å². The lowest BCUT2D eigenvalue weighted by Gasteiger charge is -2.10. The van der Waals surface area contributed by atoms with E-state index in [1.165, 1.54) is 30.3 Å². The summed E-state index contributed by atoms with van der Waals surface area (Å²) in [6.07, 6.45) is 1.36. The first-order valence-corrected chi connectivity index (χ1v) is 12.1. The Bertz CT molecular complexity index is 1190. The van der Waals surface area contributed by atoms with Crippen LogP contribution in [0.1, 0.15) is 55.4 Å². The molecule has 2 aromatic carbocycles. The molecule has 0 aliphatic carbocycles. The van der Waals surface area contributed by atoms with Crippen molar-refractivity contribution in [3.8, 4) is 0 Å². The molecular formula is C23H27FN4O4S. The molecule has 0 spiro atoms. The summed E-state index contributed by atoms with van der Waals surface area (Å²) in [5.41, 5.74) is 1.17. The van der Waals surface area contributed by atoms with Crippen LogP contribution >= 0.6 is 0 Å². The van der Waals surface area contributed by atoms with Crippen LogP contribution in [0.2, 0.25) is 0 Å². The lowest BCUT2D eigenvalue weighted by molar-refractivity contribution is -0.121. The molecule has 3 aromatic rings. The second-order valence-corrected chi connectivity index (χ2v) is 9.70. The Morgan fingerprint density at radius 1 is 1.09 bits per heavy atom. The van der Waals surface area contributed by atoms with E-state index in [9.17, 15) is 17.6 Å². The second-order valence-electron chi connectivity index (χ2n) is 7.93. The van der Waals surface area contributed by atoms with E-state index >= 15 is 0 Å². The minimum atomic E-state index is -3.79. The van der Waals surface area contributed by atoms with Gasteiger partial charge in [0.25, 0.3) is 0 Å². The Labute approximate surface area is 192 Å². The molecular weight excluding hydrogens is 447 g/mol. The van der Waals surface area contributed by atoms with Crippen LogP contribution in [0.3, 0.4) is 0 Å². The van der Waals surface area contributed by atoms with E-state index in [0.29, 0.717) is 35.7 Å². The summed E-state index contributed by atoms with van der Waals surface area (Å²) in [5, 5.41) is 6.68. The molecule has 2 N–H and O–H groups in total. The molecule has 1 heterocycles. The van der Waals surface area contributed by atoms with E-state index in [4.69, 9.17) is 4.52 Å². The standard InChI is InChI=1S/C23H27FN4O4S/c1-16(2)23-27-22(32-28-23)11-5-10-21(29)25-14-18-7-4-9-20(13-18)33(30,31)26-15-17-6-3-8-19(24)12-17/h3-4,6-9,12-13,16,26H,5,10-11,14-15H2,1-2H3,(H,25,29). The SMILES string of the molecule is CC(C)c1noc(CCCC(=O)NCc2cccc(S(=O)(=O)NCc3cccc(F)c3)c2)n1. The van der Waals surface area contributed by atoms with Crippen LogP contribution in [0.4, 0.5) is 4.39 Å². The Morgan fingerprint density at radius 3 is 2.52 bits per heavy atom. The van der Waals surface area contributed by atoms with E-state index in [0.717, 1.165) is 0 Å². The number of sulfonamides is 1. The molecule has 1 amide bonds. The van der Waals surface area contributed by atoms with E-state index < -0.39 is 15.8 Å². The Morgan fingerprint density at radius 2 is 1.82 bits per heavy atom. The zero-order valence-electron chi connectivity index (χ0n) is 18.5. The van der Waals surface area contributed by atoms with Crippen molar-refractivity contribution in [2.75, 3.05) is 0 Å². The number of amides is 1. The van der Waals surface area contributed by atoms with Crippen molar-refractivity contribution in [2.24, 2.45) is 0 Å². The molecule has 0 radical (unpaired) electrons. The molecule has 0 aliphatic heterocycles. The molecule has 10 heteroatoms. The van der Waals surface area contributed by atoms with Crippen molar-refractivity contribution in [1.82, 2.24) is 20.2 Å².